The van der Waals surface area contributed by atoms with Gasteiger partial charge in [-0.25, -0.2) is 0 Å². The molecule has 30 heavy (non-hydrogen) atoms. The molecule has 0 saturated carbocycles. The van der Waals surface area contributed by atoms with Crippen LogP contribution in [0.5, 0.6) is 11.5 Å². The number of fused-ring (bicyclic) bond motifs is 1. The number of hydrogen-bond acceptors (Lipinski definition) is 6. The molecule has 7 nitrogen and oxygen atoms in total. The molecule has 0 aliphatic carbocycles. The Balaban J connectivity index is 1.50. The van der Waals surface area contributed by atoms with Gasteiger partial charge in [0.25, 0.3) is 0 Å². The molecule has 5 rings (SSSR count). The lowest BCUT2D eigenvalue weighted by Gasteiger charge is -2.25. The Labute approximate surface area is 174 Å². The number of aromatic hydroxyl groups is 1. The molecule has 2 N–H and O–H groups in total. The number of phenols is 1. The van der Waals surface area contributed by atoms with Crippen molar-refractivity contribution in [2.75, 3.05) is 19.7 Å². The van der Waals surface area contributed by atoms with Crippen molar-refractivity contribution in [1.29, 1.82) is 0 Å². The maximum atomic E-state index is 10.7. The number of aryl methyl sites for hydroxylation is 1. The summed E-state index contributed by atoms with van der Waals surface area (Å²) in [7, 11) is 1.89. The second-order valence-electron chi connectivity index (χ2n) is 7.58. The van der Waals surface area contributed by atoms with E-state index in [0.29, 0.717) is 23.8 Å². The molecule has 1 fully saturated rings. The SMILES string of the molecule is CCOc1cc(-c2ccc(-c3ccc(C4CNC4)nn3)c(O)c2)cc2cn(C)nc12. The molecule has 2 aromatic carbocycles. The predicted octanol–water partition coefficient (Wildman–Crippen LogP) is 3.49. The van der Waals surface area contributed by atoms with Crippen LogP contribution in [0, 0.1) is 0 Å². The van der Waals surface area contributed by atoms with Crippen LogP contribution < -0.4 is 10.1 Å². The molecule has 0 spiro atoms. The van der Waals surface area contributed by atoms with Crippen LogP contribution >= 0.6 is 0 Å². The Morgan fingerprint density at radius 2 is 1.97 bits per heavy atom. The molecule has 1 aliphatic rings. The summed E-state index contributed by atoms with van der Waals surface area (Å²) >= 11 is 0. The zero-order chi connectivity index (χ0) is 20.7. The smallest absolute Gasteiger partial charge is 0.147 e. The molecule has 0 unspecified atom stereocenters. The zero-order valence-corrected chi connectivity index (χ0v) is 17.0. The Morgan fingerprint density at radius 3 is 2.63 bits per heavy atom. The van der Waals surface area contributed by atoms with E-state index in [2.05, 4.69) is 26.7 Å². The summed E-state index contributed by atoms with van der Waals surface area (Å²) in [6.45, 7) is 4.40. The predicted molar refractivity (Wildman–Crippen MR) is 116 cm³/mol. The van der Waals surface area contributed by atoms with Crippen LogP contribution in [0.1, 0.15) is 18.5 Å². The molecule has 0 atom stereocenters. The molecule has 2 aromatic heterocycles. The molecule has 152 valence electrons. The second-order valence-corrected chi connectivity index (χ2v) is 7.58. The Hall–Kier alpha value is -3.45. The summed E-state index contributed by atoms with van der Waals surface area (Å²) in [6, 6.07) is 13.6. The van der Waals surface area contributed by atoms with Gasteiger partial charge in [-0.15, -0.1) is 0 Å². The van der Waals surface area contributed by atoms with Gasteiger partial charge in [0.05, 0.1) is 18.0 Å². The summed E-state index contributed by atoms with van der Waals surface area (Å²) in [6.07, 6.45) is 1.96. The summed E-state index contributed by atoms with van der Waals surface area (Å²) in [5.41, 5.74) is 5.00. The lowest BCUT2D eigenvalue weighted by molar-refractivity contribution is 0.343. The first-order valence-electron chi connectivity index (χ1n) is 10.1. The summed E-state index contributed by atoms with van der Waals surface area (Å²) in [4.78, 5) is 0. The third kappa shape index (κ3) is 3.27. The molecule has 0 radical (unpaired) electrons. The van der Waals surface area contributed by atoms with Crippen molar-refractivity contribution in [3.8, 4) is 33.9 Å². The van der Waals surface area contributed by atoms with Crippen molar-refractivity contribution in [1.82, 2.24) is 25.3 Å². The first-order valence-corrected chi connectivity index (χ1v) is 10.1. The lowest BCUT2D eigenvalue weighted by atomic mass is 9.98. The fourth-order valence-electron chi connectivity index (χ4n) is 3.78. The third-order valence-corrected chi connectivity index (χ3v) is 5.48. The largest absolute Gasteiger partial charge is 0.507 e. The normalized spacial score (nSPS) is 14.1. The Kier molecular flexibility index (Phi) is 4.59. The molecule has 1 aliphatic heterocycles. The van der Waals surface area contributed by atoms with Crippen molar-refractivity contribution in [3.63, 3.8) is 0 Å². The van der Waals surface area contributed by atoms with E-state index in [1.165, 1.54) is 0 Å². The van der Waals surface area contributed by atoms with E-state index in [0.717, 1.165) is 46.6 Å². The third-order valence-electron chi connectivity index (χ3n) is 5.48. The van der Waals surface area contributed by atoms with Gasteiger partial charge in [-0.1, -0.05) is 6.07 Å². The Morgan fingerprint density at radius 1 is 1.10 bits per heavy atom. The fraction of sp³-hybridized carbons (Fsp3) is 0.261. The monoisotopic (exact) mass is 401 g/mol. The fourth-order valence-corrected chi connectivity index (χ4v) is 3.78. The average Bonchev–Trinajstić information content (AvgIpc) is 3.08. The van der Waals surface area contributed by atoms with E-state index in [1.54, 1.807) is 10.7 Å². The minimum atomic E-state index is 0.170. The number of benzene rings is 2. The van der Waals surface area contributed by atoms with Gasteiger partial charge < -0.3 is 15.2 Å². The van der Waals surface area contributed by atoms with Gasteiger partial charge in [-0.05, 0) is 54.4 Å². The highest BCUT2D eigenvalue weighted by atomic mass is 16.5. The molecule has 1 saturated heterocycles. The van der Waals surface area contributed by atoms with E-state index >= 15 is 0 Å². The van der Waals surface area contributed by atoms with E-state index in [1.807, 2.05) is 50.5 Å². The minimum Gasteiger partial charge on any atom is -0.507 e. The van der Waals surface area contributed by atoms with Crippen LogP contribution in [0.15, 0.2) is 48.7 Å². The van der Waals surface area contributed by atoms with Gasteiger partial charge in [-0.3, -0.25) is 4.68 Å². The van der Waals surface area contributed by atoms with Crippen LogP contribution in [-0.2, 0) is 7.05 Å². The van der Waals surface area contributed by atoms with E-state index < -0.39 is 0 Å². The first-order chi connectivity index (χ1) is 14.6. The highest BCUT2D eigenvalue weighted by Gasteiger charge is 2.21. The topological polar surface area (TPSA) is 85.1 Å². The van der Waals surface area contributed by atoms with Crippen molar-refractivity contribution < 1.29 is 9.84 Å². The zero-order valence-electron chi connectivity index (χ0n) is 17.0. The van der Waals surface area contributed by atoms with E-state index in [4.69, 9.17) is 4.74 Å². The number of nitrogens with zero attached hydrogens (tertiary/aromatic N) is 4. The van der Waals surface area contributed by atoms with Crippen LogP contribution in [0.3, 0.4) is 0 Å². The molecule has 4 aromatic rings. The van der Waals surface area contributed by atoms with E-state index in [-0.39, 0.29) is 5.75 Å². The van der Waals surface area contributed by atoms with Gasteiger partial charge in [0.2, 0.25) is 0 Å². The van der Waals surface area contributed by atoms with Gasteiger partial charge in [0, 0.05) is 43.2 Å². The quantitative estimate of drug-likeness (QED) is 0.533. The number of nitrogens with one attached hydrogen (secondary N) is 1. The summed E-state index contributed by atoms with van der Waals surface area (Å²) in [5.74, 6) is 1.34. The highest BCUT2D eigenvalue weighted by Crippen LogP contribution is 2.36. The minimum absolute atomic E-state index is 0.170. The molecule has 0 bridgehead atoms. The standard InChI is InChI=1S/C23H23N5O2/c1-3-30-22-10-15(8-16-13-28(2)27-23(16)22)14-4-5-18(21(29)9-14)20-7-6-19(25-26-20)17-11-24-12-17/h4-10,13,17,24,29H,3,11-12H2,1-2H3. The van der Waals surface area contributed by atoms with Crippen LogP contribution in [0.2, 0.25) is 0 Å². The number of rotatable bonds is 5. The second kappa shape index (κ2) is 7.42. The molecule has 7 heteroatoms. The van der Waals surface area contributed by atoms with Crippen molar-refractivity contribution in [3.05, 3.63) is 54.4 Å². The highest BCUT2D eigenvalue weighted by molar-refractivity contribution is 5.90. The van der Waals surface area contributed by atoms with Gasteiger partial charge >= 0.3 is 0 Å². The average molecular weight is 401 g/mol. The van der Waals surface area contributed by atoms with Crippen molar-refractivity contribution in [2.24, 2.45) is 7.05 Å². The number of hydrogen-bond donors (Lipinski definition) is 2. The Bertz CT molecular complexity index is 1210. The number of ether oxygens (including phenoxy) is 1. The maximum Gasteiger partial charge on any atom is 0.147 e. The van der Waals surface area contributed by atoms with Crippen molar-refractivity contribution >= 4 is 10.9 Å². The van der Waals surface area contributed by atoms with Crippen molar-refractivity contribution in [2.45, 2.75) is 12.8 Å². The number of phenolic OH excluding ortho intramolecular Hbond substituents is 1. The molecular formula is C23H23N5O2. The summed E-state index contributed by atoms with van der Waals surface area (Å²) in [5, 5.41) is 28.1. The molecular weight excluding hydrogens is 378 g/mol. The lowest BCUT2D eigenvalue weighted by Crippen LogP contribution is -2.40. The maximum absolute atomic E-state index is 10.7. The van der Waals surface area contributed by atoms with Crippen LogP contribution in [0.4, 0.5) is 0 Å². The summed E-state index contributed by atoms with van der Waals surface area (Å²) < 4.78 is 7.58. The first kappa shape index (κ1) is 18.6. The van der Waals surface area contributed by atoms with Crippen LogP contribution in [-0.4, -0.2) is 44.8 Å². The number of aromatic nitrogens is 4. The van der Waals surface area contributed by atoms with Gasteiger partial charge in [-0.2, -0.15) is 15.3 Å². The van der Waals surface area contributed by atoms with Crippen LogP contribution in [0.25, 0.3) is 33.3 Å². The van der Waals surface area contributed by atoms with E-state index in [9.17, 15) is 5.11 Å². The molecule has 0 amide bonds. The van der Waals surface area contributed by atoms with Gasteiger partial charge in [0.1, 0.15) is 17.0 Å². The van der Waals surface area contributed by atoms with Gasteiger partial charge in [0.15, 0.2) is 0 Å². The molecule has 3 heterocycles.